The molecule has 1 N–H and O–H groups in total. The van der Waals surface area contributed by atoms with Gasteiger partial charge in [-0.25, -0.2) is 0 Å². The smallest absolute Gasteiger partial charge is 0.193 e. The number of nitrogens with one attached hydrogen (secondary N) is 1. The Morgan fingerprint density at radius 3 is 2.58 bits per heavy atom. The Balaban J connectivity index is 2.28. The number of likely N-dealkylation sites (N-methyl/N-ethyl adjacent to an activating group) is 1. The lowest BCUT2D eigenvalue weighted by Gasteiger charge is -2.34. The molecule has 0 atom stereocenters. The molecule has 1 aliphatic rings. The van der Waals surface area contributed by atoms with E-state index in [4.69, 9.17) is 4.74 Å². The molecule has 0 aromatic carbocycles. The van der Waals surface area contributed by atoms with Gasteiger partial charge in [-0.2, -0.15) is 0 Å². The summed E-state index contributed by atoms with van der Waals surface area (Å²) in [6.07, 6.45) is 2.64. The maximum atomic E-state index is 5.68. The van der Waals surface area contributed by atoms with Crippen LogP contribution in [0.4, 0.5) is 0 Å². The Bertz CT molecular complexity index is 262. The quantitative estimate of drug-likeness (QED) is 0.578. The molecule has 5 nitrogen and oxygen atoms in total. The molecule has 0 amide bonds. The molecule has 0 aliphatic carbocycles. The van der Waals surface area contributed by atoms with E-state index in [9.17, 15) is 0 Å². The summed E-state index contributed by atoms with van der Waals surface area (Å²) in [6, 6.07) is 0. The summed E-state index contributed by atoms with van der Waals surface area (Å²) >= 11 is 0. The number of rotatable bonds is 6. The van der Waals surface area contributed by atoms with Crippen LogP contribution < -0.4 is 5.32 Å². The summed E-state index contributed by atoms with van der Waals surface area (Å²) < 4.78 is 5.68. The number of nitrogens with zero attached hydrogens (tertiary/aromatic N) is 3. The van der Waals surface area contributed by atoms with Crippen LogP contribution in [0.15, 0.2) is 4.99 Å². The van der Waals surface area contributed by atoms with Crippen molar-refractivity contribution in [1.82, 2.24) is 15.1 Å². The zero-order valence-electron chi connectivity index (χ0n) is 13.0. The van der Waals surface area contributed by atoms with E-state index >= 15 is 0 Å². The van der Waals surface area contributed by atoms with Crippen LogP contribution in [0.25, 0.3) is 0 Å². The topological polar surface area (TPSA) is 40.1 Å². The first-order valence-electron chi connectivity index (χ1n) is 7.47. The second-order valence-corrected chi connectivity index (χ2v) is 5.01. The van der Waals surface area contributed by atoms with Crippen molar-refractivity contribution in [3.63, 3.8) is 0 Å². The number of guanidine groups is 1. The summed E-state index contributed by atoms with van der Waals surface area (Å²) in [7, 11) is 4.00. The van der Waals surface area contributed by atoms with Crippen molar-refractivity contribution in [2.75, 3.05) is 53.4 Å². The highest BCUT2D eigenvalue weighted by Crippen LogP contribution is 2.13. The first kappa shape index (κ1) is 16.2. The summed E-state index contributed by atoms with van der Waals surface area (Å²) in [5.41, 5.74) is 0. The molecule has 0 spiro atoms. The Morgan fingerprint density at radius 2 is 2.05 bits per heavy atom. The fraction of sp³-hybridized carbons (Fsp3) is 0.929. The van der Waals surface area contributed by atoms with Crippen molar-refractivity contribution < 1.29 is 4.74 Å². The summed E-state index contributed by atoms with van der Waals surface area (Å²) in [4.78, 5) is 9.01. The fourth-order valence-electron chi connectivity index (χ4n) is 2.32. The molecule has 0 unspecified atom stereocenters. The first-order valence-corrected chi connectivity index (χ1v) is 7.47. The number of hydrogen-bond acceptors (Lipinski definition) is 3. The van der Waals surface area contributed by atoms with E-state index in [0.717, 1.165) is 58.1 Å². The molecule has 0 aromatic heterocycles. The van der Waals surface area contributed by atoms with Gasteiger partial charge in [0.25, 0.3) is 0 Å². The van der Waals surface area contributed by atoms with Crippen molar-refractivity contribution >= 4 is 5.96 Å². The third-order valence-electron chi connectivity index (χ3n) is 3.67. The van der Waals surface area contributed by atoms with Crippen LogP contribution in [-0.2, 0) is 4.74 Å². The van der Waals surface area contributed by atoms with Gasteiger partial charge in [0.05, 0.1) is 6.10 Å². The number of likely N-dealkylation sites (tertiary alicyclic amines) is 1. The van der Waals surface area contributed by atoms with Crippen molar-refractivity contribution in [2.45, 2.75) is 32.8 Å². The maximum Gasteiger partial charge on any atom is 0.193 e. The molecule has 1 rings (SSSR count). The van der Waals surface area contributed by atoms with E-state index in [-0.39, 0.29) is 0 Å². The molecule has 0 saturated carbocycles. The molecule has 1 heterocycles. The standard InChI is InChI=1S/C14H30N4O/c1-5-17(4)12-9-16-14(15-3)18-10-7-13(8-11-18)19-6-2/h13H,5-12H2,1-4H3,(H,15,16). The van der Waals surface area contributed by atoms with Crippen molar-refractivity contribution in [2.24, 2.45) is 4.99 Å². The largest absolute Gasteiger partial charge is 0.378 e. The van der Waals surface area contributed by atoms with Gasteiger partial charge in [0.2, 0.25) is 0 Å². The third-order valence-corrected chi connectivity index (χ3v) is 3.67. The molecule has 1 fully saturated rings. The highest BCUT2D eigenvalue weighted by Gasteiger charge is 2.21. The summed E-state index contributed by atoms with van der Waals surface area (Å²) in [5.74, 6) is 1.03. The fourth-order valence-corrected chi connectivity index (χ4v) is 2.32. The molecule has 5 heteroatoms. The van der Waals surface area contributed by atoms with Gasteiger partial charge in [0.1, 0.15) is 0 Å². The Kier molecular flexibility index (Phi) is 7.82. The average Bonchev–Trinajstić information content (AvgIpc) is 2.45. The van der Waals surface area contributed by atoms with Gasteiger partial charge in [0, 0.05) is 39.8 Å². The zero-order chi connectivity index (χ0) is 14.1. The summed E-state index contributed by atoms with van der Waals surface area (Å²) in [6.45, 7) is 10.2. The van der Waals surface area contributed by atoms with Gasteiger partial charge < -0.3 is 19.9 Å². The lowest BCUT2D eigenvalue weighted by atomic mass is 10.1. The van der Waals surface area contributed by atoms with E-state index in [2.05, 4.69) is 41.0 Å². The minimum absolute atomic E-state index is 0.436. The average molecular weight is 270 g/mol. The molecule has 0 radical (unpaired) electrons. The maximum absolute atomic E-state index is 5.68. The Hall–Kier alpha value is -0.810. The minimum Gasteiger partial charge on any atom is -0.378 e. The lowest BCUT2D eigenvalue weighted by molar-refractivity contribution is 0.0263. The molecule has 0 bridgehead atoms. The van der Waals surface area contributed by atoms with Crippen LogP contribution in [-0.4, -0.2) is 75.3 Å². The van der Waals surface area contributed by atoms with Gasteiger partial charge in [-0.05, 0) is 33.4 Å². The number of aliphatic imine (C=N–C) groups is 1. The van der Waals surface area contributed by atoms with Crippen LogP contribution in [0.2, 0.25) is 0 Å². The molecule has 112 valence electrons. The van der Waals surface area contributed by atoms with Crippen LogP contribution in [0.3, 0.4) is 0 Å². The van der Waals surface area contributed by atoms with Gasteiger partial charge in [-0.15, -0.1) is 0 Å². The van der Waals surface area contributed by atoms with Crippen LogP contribution in [0.1, 0.15) is 26.7 Å². The predicted octanol–water partition coefficient (Wildman–Crippen LogP) is 1.01. The highest BCUT2D eigenvalue weighted by atomic mass is 16.5. The van der Waals surface area contributed by atoms with Crippen molar-refractivity contribution in [3.8, 4) is 0 Å². The molecular formula is C14H30N4O. The number of piperidine rings is 1. The number of ether oxygens (including phenoxy) is 1. The van der Waals surface area contributed by atoms with Crippen LogP contribution in [0.5, 0.6) is 0 Å². The molecule has 1 aliphatic heterocycles. The first-order chi connectivity index (χ1) is 9.21. The zero-order valence-corrected chi connectivity index (χ0v) is 13.0. The second kappa shape index (κ2) is 9.15. The third kappa shape index (κ3) is 5.78. The minimum atomic E-state index is 0.436. The normalized spacial score (nSPS) is 18.2. The van der Waals surface area contributed by atoms with Crippen molar-refractivity contribution in [3.05, 3.63) is 0 Å². The van der Waals surface area contributed by atoms with E-state index in [1.54, 1.807) is 0 Å². The second-order valence-electron chi connectivity index (χ2n) is 5.01. The number of hydrogen-bond donors (Lipinski definition) is 1. The Morgan fingerprint density at radius 1 is 1.37 bits per heavy atom. The van der Waals surface area contributed by atoms with E-state index in [0.29, 0.717) is 6.10 Å². The lowest BCUT2D eigenvalue weighted by Crippen LogP contribution is -2.48. The SMILES string of the molecule is CCOC1CCN(C(=NC)NCCN(C)CC)CC1. The van der Waals surface area contributed by atoms with Gasteiger partial charge in [-0.3, -0.25) is 4.99 Å². The highest BCUT2D eigenvalue weighted by molar-refractivity contribution is 5.79. The van der Waals surface area contributed by atoms with Crippen LogP contribution >= 0.6 is 0 Å². The van der Waals surface area contributed by atoms with Gasteiger partial charge in [-0.1, -0.05) is 6.92 Å². The van der Waals surface area contributed by atoms with E-state index in [1.807, 2.05) is 7.05 Å². The van der Waals surface area contributed by atoms with E-state index in [1.165, 1.54) is 0 Å². The monoisotopic (exact) mass is 270 g/mol. The van der Waals surface area contributed by atoms with Gasteiger partial charge in [0.15, 0.2) is 5.96 Å². The van der Waals surface area contributed by atoms with E-state index < -0.39 is 0 Å². The molecule has 0 aromatic rings. The summed E-state index contributed by atoms with van der Waals surface area (Å²) in [5, 5.41) is 3.44. The van der Waals surface area contributed by atoms with Crippen molar-refractivity contribution in [1.29, 1.82) is 0 Å². The predicted molar refractivity (Wildman–Crippen MR) is 80.8 cm³/mol. The molecule has 19 heavy (non-hydrogen) atoms. The molecular weight excluding hydrogens is 240 g/mol. The molecule has 1 saturated heterocycles. The van der Waals surface area contributed by atoms with Gasteiger partial charge >= 0.3 is 0 Å². The Labute approximate surface area is 118 Å². The van der Waals surface area contributed by atoms with Crippen LogP contribution in [0, 0.1) is 0 Å².